The second-order valence-corrected chi connectivity index (χ2v) is 4.85. The molecule has 13 heavy (non-hydrogen) atoms. The van der Waals surface area contributed by atoms with Crippen LogP contribution >= 0.6 is 23.6 Å². The van der Waals surface area contributed by atoms with Crippen LogP contribution in [0.1, 0.15) is 12.1 Å². The number of rotatable bonds is 1. The number of hydrogen-bond acceptors (Lipinski definition) is 3. The summed E-state index contributed by atoms with van der Waals surface area (Å²) in [5, 5.41) is 2.11. The van der Waals surface area contributed by atoms with Gasteiger partial charge in [0.05, 0.1) is 5.69 Å². The van der Waals surface area contributed by atoms with Crippen molar-refractivity contribution in [3.05, 3.63) is 21.1 Å². The van der Waals surface area contributed by atoms with E-state index in [0.29, 0.717) is 0 Å². The van der Waals surface area contributed by atoms with Gasteiger partial charge in [0.2, 0.25) is 0 Å². The zero-order valence-corrected chi connectivity index (χ0v) is 9.17. The molecule has 0 bridgehead atoms. The van der Waals surface area contributed by atoms with E-state index < -0.39 is 0 Å². The Hall–Kier alpha value is -0.450. The van der Waals surface area contributed by atoms with Crippen molar-refractivity contribution in [1.29, 1.82) is 0 Å². The third-order valence-corrected chi connectivity index (χ3v) is 3.34. The molecule has 0 atom stereocenters. The van der Waals surface area contributed by atoms with Gasteiger partial charge in [-0.25, -0.2) is 0 Å². The molecule has 2 nitrogen and oxygen atoms in total. The molecule has 0 spiro atoms. The minimum atomic E-state index is 0.870. The number of hydrogen-bond donors (Lipinski definition) is 1. The number of thiazole rings is 1. The predicted molar refractivity (Wildman–Crippen MR) is 59.6 cm³/mol. The van der Waals surface area contributed by atoms with Crippen LogP contribution in [0.15, 0.2) is 11.5 Å². The molecule has 2 heterocycles. The van der Waals surface area contributed by atoms with Crippen LogP contribution in [0, 0.1) is 3.95 Å². The summed E-state index contributed by atoms with van der Waals surface area (Å²) in [5.74, 6) is 0. The Balaban J connectivity index is 2.23. The highest BCUT2D eigenvalue weighted by atomic mass is 32.1. The molecule has 0 aromatic carbocycles. The van der Waals surface area contributed by atoms with Crippen molar-refractivity contribution in [2.75, 3.05) is 20.1 Å². The summed E-state index contributed by atoms with van der Waals surface area (Å²) in [6.45, 7) is 2.19. The first kappa shape index (κ1) is 9.12. The second kappa shape index (κ2) is 3.74. The van der Waals surface area contributed by atoms with Gasteiger partial charge in [-0.05, 0) is 31.3 Å². The third kappa shape index (κ3) is 2.07. The van der Waals surface area contributed by atoms with Crippen molar-refractivity contribution >= 4 is 29.1 Å². The molecule has 70 valence electrons. The van der Waals surface area contributed by atoms with E-state index in [2.05, 4.69) is 28.4 Å². The molecule has 1 aliphatic rings. The van der Waals surface area contributed by atoms with Crippen LogP contribution in [0.2, 0.25) is 0 Å². The molecule has 1 aromatic rings. The molecule has 0 unspecified atom stereocenters. The van der Waals surface area contributed by atoms with Gasteiger partial charge in [0.15, 0.2) is 3.95 Å². The number of nitrogens with one attached hydrogen (secondary N) is 1. The smallest absolute Gasteiger partial charge is 0.158 e. The average molecular weight is 212 g/mol. The van der Waals surface area contributed by atoms with Crippen molar-refractivity contribution in [2.24, 2.45) is 0 Å². The van der Waals surface area contributed by atoms with Gasteiger partial charge in [-0.2, -0.15) is 0 Å². The molecule has 4 heteroatoms. The van der Waals surface area contributed by atoms with E-state index in [1.807, 2.05) is 0 Å². The second-order valence-electron chi connectivity index (χ2n) is 3.30. The highest BCUT2D eigenvalue weighted by Gasteiger charge is 2.09. The zero-order chi connectivity index (χ0) is 9.26. The van der Waals surface area contributed by atoms with Crippen LogP contribution in [-0.4, -0.2) is 30.0 Å². The Morgan fingerprint density at radius 2 is 2.46 bits per heavy atom. The van der Waals surface area contributed by atoms with Gasteiger partial charge in [-0.1, -0.05) is 6.08 Å². The summed E-state index contributed by atoms with van der Waals surface area (Å²) in [5.41, 5.74) is 2.62. The number of aromatic nitrogens is 1. The van der Waals surface area contributed by atoms with Gasteiger partial charge >= 0.3 is 0 Å². The SMILES string of the molecule is CN1CC=C(c2csc(=S)[nH]2)CC1. The van der Waals surface area contributed by atoms with Gasteiger partial charge < -0.3 is 9.88 Å². The minimum absolute atomic E-state index is 0.870. The van der Waals surface area contributed by atoms with Gasteiger partial charge in [0.1, 0.15) is 0 Å². The lowest BCUT2D eigenvalue weighted by Gasteiger charge is -2.21. The first-order valence-corrected chi connectivity index (χ1v) is 5.60. The lowest BCUT2D eigenvalue weighted by molar-refractivity contribution is 0.370. The third-order valence-electron chi connectivity index (χ3n) is 2.28. The fourth-order valence-corrected chi connectivity index (χ4v) is 2.31. The van der Waals surface area contributed by atoms with Gasteiger partial charge in [-0.15, -0.1) is 11.3 Å². The van der Waals surface area contributed by atoms with Crippen LogP contribution < -0.4 is 0 Å². The van der Waals surface area contributed by atoms with Crippen molar-refractivity contribution in [1.82, 2.24) is 9.88 Å². The first-order chi connectivity index (χ1) is 6.25. The number of nitrogens with zero attached hydrogens (tertiary/aromatic N) is 1. The minimum Gasteiger partial charge on any atom is -0.337 e. The molecule has 0 amide bonds. The maximum absolute atomic E-state index is 5.05. The average Bonchev–Trinajstić information content (AvgIpc) is 2.53. The molecule has 2 rings (SSSR count). The summed E-state index contributed by atoms with van der Waals surface area (Å²) < 4.78 is 0.870. The summed E-state index contributed by atoms with van der Waals surface area (Å²) >= 11 is 6.65. The first-order valence-electron chi connectivity index (χ1n) is 4.31. The topological polar surface area (TPSA) is 19.0 Å². The van der Waals surface area contributed by atoms with Crippen LogP contribution in [0.25, 0.3) is 5.57 Å². The van der Waals surface area contributed by atoms with E-state index in [1.165, 1.54) is 11.3 Å². The standard InChI is InChI=1S/C9H12N2S2/c1-11-4-2-7(3-5-11)8-6-13-9(12)10-8/h2,6H,3-5H2,1H3,(H,10,12). The fraction of sp³-hybridized carbons (Fsp3) is 0.444. The Labute approximate surface area is 86.9 Å². The maximum Gasteiger partial charge on any atom is 0.158 e. The van der Waals surface area contributed by atoms with E-state index in [0.717, 1.165) is 23.5 Å². The number of likely N-dealkylation sites (N-methyl/N-ethyl adjacent to an activating group) is 1. The van der Waals surface area contributed by atoms with Crippen LogP contribution in [0.4, 0.5) is 0 Å². The Morgan fingerprint density at radius 1 is 1.62 bits per heavy atom. The van der Waals surface area contributed by atoms with E-state index in [-0.39, 0.29) is 0 Å². The molecule has 0 radical (unpaired) electrons. The molecular weight excluding hydrogens is 200 g/mol. The van der Waals surface area contributed by atoms with E-state index in [9.17, 15) is 0 Å². The molecule has 1 aromatic heterocycles. The van der Waals surface area contributed by atoms with E-state index in [4.69, 9.17) is 12.2 Å². The number of aromatic amines is 1. The number of H-pyrrole nitrogens is 1. The molecule has 0 saturated heterocycles. The predicted octanol–water partition coefficient (Wildman–Crippen LogP) is 2.52. The van der Waals surface area contributed by atoms with E-state index >= 15 is 0 Å². The molecule has 1 N–H and O–H groups in total. The van der Waals surface area contributed by atoms with Crippen LogP contribution in [0.3, 0.4) is 0 Å². The highest BCUT2D eigenvalue weighted by molar-refractivity contribution is 7.73. The Morgan fingerprint density at radius 3 is 3.00 bits per heavy atom. The van der Waals surface area contributed by atoms with E-state index in [1.54, 1.807) is 11.3 Å². The van der Waals surface area contributed by atoms with Crippen molar-refractivity contribution in [3.63, 3.8) is 0 Å². The molecule has 0 aliphatic carbocycles. The summed E-state index contributed by atoms with van der Waals surface area (Å²) in [4.78, 5) is 5.52. The lowest BCUT2D eigenvalue weighted by atomic mass is 10.1. The highest BCUT2D eigenvalue weighted by Crippen LogP contribution is 2.21. The molecule has 0 fully saturated rings. The summed E-state index contributed by atoms with van der Waals surface area (Å²) in [6, 6.07) is 0. The largest absolute Gasteiger partial charge is 0.337 e. The normalized spacial score (nSPS) is 18.7. The summed E-state index contributed by atoms with van der Waals surface area (Å²) in [7, 11) is 2.14. The Bertz CT molecular complexity index is 375. The van der Waals surface area contributed by atoms with Crippen molar-refractivity contribution in [2.45, 2.75) is 6.42 Å². The zero-order valence-electron chi connectivity index (χ0n) is 7.54. The van der Waals surface area contributed by atoms with Gasteiger partial charge in [0, 0.05) is 18.5 Å². The Kier molecular flexibility index (Phi) is 2.62. The quantitative estimate of drug-likeness (QED) is 0.721. The molecule has 0 saturated carbocycles. The van der Waals surface area contributed by atoms with Gasteiger partial charge in [-0.3, -0.25) is 0 Å². The van der Waals surface area contributed by atoms with Crippen molar-refractivity contribution in [3.8, 4) is 0 Å². The van der Waals surface area contributed by atoms with Gasteiger partial charge in [0.25, 0.3) is 0 Å². The lowest BCUT2D eigenvalue weighted by Crippen LogP contribution is -2.23. The fourth-order valence-electron chi connectivity index (χ4n) is 1.45. The monoisotopic (exact) mass is 212 g/mol. The summed E-state index contributed by atoms with van der Waals surface area (Å²) in [6.07, 6.45) is 3.40. The van der Waals surface area contributed by atoms with Crippen LogP contribution in [0.5, 0.6) is 0 Å². The molecule has 1 aliphatic heterocycles. The van der Waals surface area contributed by atoms with Crippen LogP contribution in [-0.2, 0) is 0 Å². The molecular formula is C9H12N2S2. The van der Waals surface area contributed by atoms with Crippen molar-refractivity contribution < 1.29 is 0 Å². The maximum atomic E-state index is 5.05.